The summed E-state index contributed by atoms with van der Waals surface area (Å²) in [4.78, 5) is 0.0268. The van der Waals surface area contributed by atoms with Gasteiger partial charge in [-0.1, -0.05) is 18.3 Å². The Labute approximate surface area is 100 Å². The van der Waals surface area contributed by atoms with Gasteiger partial charge in [0.1, 0.15) is 6.20 Å². The number of pyridine rings is 1. The summed E-state index contributed by atoms with van der Waals surface area (Å²) in [6.45, 7) is 0. The van der Waals surface area contributed by atoms with Gasteiger partial charge in [0.05, 0.1) is 17.6 Å². The molecule has 0 aliphatic rings. The zero-order valence-electron chi connectivity index (χ0n) is 8.61. The Morgan fingerprint density at radius 2 is 2.12 bits per heavy atom. The lowest BCUT2D eigenvalue weighted by atomic mass is 10.3. The number of rotatable bonds is 2. The van der Waals surface area contributed by atoms with Crippen LogP contribution < -0.4 is 10.1 Å². The van der Waals surface area contributed by atoms with Crippen molar-refractivity contribution in [3.8, 4) is 0 Å². The van der Waals surface area contributed by atoms with Crippen molar-refractivity contribution in [3.63, 3.8) is 0 Å². The number of nitrogens with two attached hydrogens (primary N) is 1. The van der Waals surface area contributed by atoms with E-state index in [1.165, 1.54) is 16.7 Å². The number of hydrogen-bond donors (Lipinski definition) is 1. The largest absolute Gasteiger partial charge is 0.567 e. The first-order valence-electron chi connectivity index (χ1n) is 4.76. The number of thiocarbonyl (C=S) groups is 1. The van der Waals surface area contributed by atoms with Gasteiger partial charge in [-0.25, -0.2) is 4.40 Å². The van der Waals surface area contributed by atoms with E-state index in [2.05, 4.69) is 12.2 Å². The predicted molar refractivity (Wildman–Crippen MR) is 59.4 cm³/mol. The minimum Gasteiger partial charge on any atom is -0.393 e. The van der Waals surface area contributed by atoms with E-state index >= 15 is 0 Å². The zero-order valence-corrected chi connectivity index (χ0v) is 9.42. The van der Waals surface area contributed by atoms with Crippen LogP contribution in [0.3, 0.4) is 0 Å². The van der Waals surface area contributed by atoms with Gasteiger partial charge >= 0.3 is 6.30 Å². The Morgan fingerprint density at radius 3 is 2.71 bits per heavy atom. The Bertz CT molecular complexity index is 574. The van der Waals surface area contributed by atoms with Crippen LogP contribution in [-0.2, 0) is 12.7 Å². The molecule has 90 valence electrons. The first-order chi connectivity index (χ1) is 7.89. The third-order valence-electron chi connectivity index (χ3n) is 2.28. The molecule has 2 N–H and O–H groups in total. The molecule has 0 bridgehead atoms. The molecule has 0 aliphatic heterocycles. The van der Waals surface area contributed by atoms with E-state index in [0.29, 0.717) is 0 Å². The Balaban J connectivity index is 2.69. The van der Waals surface area contributed by atoms with E-state index in [-0.39, 0.29) is 27.3 Å². The number of hydrogen-bond acceptors (Lipinski definition) is 1. The summed E-state index contributed by atoms with van der Waals surface area (Å²) in [5.41, 5.74) is 5.36. The highest BCUT2D eigenvalue weighted by atomic mass is 32.1. The molecule has 0 atom stereocenters. The Kier molecular flexibility index (Phi) is 2.78. The molecule has 0 aliphatic carbocycles. The normalized spacial score (nSPS) is 11.9. The van der Waals surface area contributed by atoms with Crippen molar-refractivity contribution in [2.75, 3.05) is 0 Å². The van der Waals surface area contributed by atoms with Crippen LogP contribution in [0.2, 0.25) is 0 Å². The topological polar surface area (TPSA) is 35.0 Å². The second kappa shape index (κ2) is 3.99. The van der Waals surface area contributed by atoms with Crippen molar-refractivity contribution in [1.29, 1.82) is 0 Å². The van der Waals surface area contributed by atoms with Crippen LogP contribution >= 0.6 is 12.2 Å². The van der Waals surface area contributed by atoms with Gasteiger partial charge in [-0.2, -0.15) is 0 Å². The van der Waals surface area contributed by atoms with Gasteiger partial charge in [0.25, 0.3) is 5.65 Å². The maximum atomic E-state index is 12.9. The fourth-order valence-electron chi connectivity index (χ4n) is 1.71. The molecule has 2 rings (SSSR count). The average molecular weight is 260 g/mol. The first-order valence-corrected chi connectivity index (χ1v) is 5.16. The molecule has 0 unspecified atom stereocenters. The molecule has 0 radical (unpaired) electrons. The molecule has 0 spiro atoms. The van der Waals surface area contributed by atoms with Crippen molar-refractivity contribution in [1.82, 2.24) is 4.57 Å². The number of fused-ring (bicyclic) bond motifs is 1. The van der Waals surface area contributed by atoms with Gasteiger partial charge < -0.3 is 5.73 Å². The number of halogens is 3. The van der Waals surface area contributed by atoms with Crippen molar-refractivity contribution in [2.45, 2.75) is 12.7 Å². The molecule has 17 heavy (non-hydrogen) atoms. The van der Waals surface area contributed by atoms with Crippen molar-refractivity contribution in [3.05, 3.63) is 36.3 Å². The second-order valence-electron chi connectivity index (χ2n) is 3.53. The lowest BCUT2D eigenvalue weighted by Gasteiger charge is -2.04. The number of alkyl halides is 3. The number of nitrogens with zero attached hydrogens (tertiary/aromatic N) is 2. The van der Waals surface area contributed by atoms with Gasteiger partial charge in [-0.3, -0.25) is 0 Å². The van der Waals surface area contributed by atoms with Crippen LogP contribution in [0.4, 0.5) is 13.2 Å². The van der Waals surface area contributed by atoms with E-state index in [1.54, 1.807) is 18.3 Å². The molecule has 0 amide bonds. The van der Waals surface area contributed by atoms with E-state index < -0.39 is 6.30 Å². The summed E-state index contributed by atoms with van der Waals surface area (Å²) in [5, 5.41) is 0. The maximum Gasteiger partial charge on any atom is 0.567 e. The third-order valence-corrected chi connectivity index (χ3v) is 2.43. The predicted octanol–water partition coefficient (Wildman–Crippen LogP) is 1.53. The van der Waals surface area contributed by atoms with E-state index in [4.69, 9.17) is 5.73 Å². The fourth-order valence-corrected chi connectivity index (χ4v) is 1.85. The van der Waals surface area contributed by atoms with Gasteiger partial charge in [0.2, 0.25) is 0 Å². The van der Waals surface area contributed by atoms with E-state index in [0.717, 1.165) is 0 Å². The second-order valence-corrected chi connectivity index (χ2v) is 4.06. The molecule has 3 nitrogen and oxygen atoms in total. The minimum atomic E-state index is -4.49. The maximum absolute atomic E-state index is 12.9. The molecule has 2 aromatic heterocycles. The quantitative estimate of drug-likeness (QED) is 0.656. The summed E-state index contributed by atoms with van der Waals surface area (Å²) in [5.74, 6) is 0. The standard InChI is InChI=1S/C10H8F3N3S/c11-10(12,13)16-7(5-8(14)17)6-15-4-2-1-3-9(15)16/h1-4,6H,5H2,(H-,14,17)/p+1. The Hall–Kier alpha value is -1.63. The summed E-state index contributed by atoms with van der Waals surface area (Å²) in [6, 6.07) is 4.58. The van der Waals surface area contributed by atoms with Gasteiger partial charge in [-0.05, 0) is 6.07 Å². The molecular weight excluding hydrogens is 251 g/mol. The SMILES string of the molecule is NC(=S)Cc1c[n+]2ccccc2n1C(F)(F)F. The minimum absolute atomic E-state index is 0.0243. The smallest absolute Gasteiger partial charge is 0.393 e. The molecule has 0 aromatic carbocycles. The van der Waals surface area contributed by atoms with Crippen LogP contribution in [0, 0.1) is 0 Å². The molecule has 0 fully saturated rings. The lowest BCUT2D eigenvalue weighted by Crippen LogP contribution is -2.24. The summed E-state index contributed by atoms with van der Waals surface area (Å²) < 4.78 is 40.5. The highest BCUT2D eigenvalue weighted by Gasteiger charge is 2.42. The molecule has 2 aromatic rings. The summed E-state index contributed by atoms with van der Waals surface area (Å²) in [6.07, 6.45) is -1.66. The highest BCUT2D eigenvalue weighted by Crippen LogP contribution is 2.26. The number of imidazole rings is 1. The highest BCUT2D eigenvalue weighted by molar-refractivity contribution is 7.80. The molecule has 7 heteroatoms. The molecule has 2 heterocycles. The molecule has 0 saturated heterocycles. The van der Waals surface area contributed by atoms with Gasteiger partial charge in [-0.15, -0.1) is 17.7 Å². The average Bonchev–Trinajstić information content (AvgIpc) is 2.53. The van der Waals surface area contributed by atoms with Gasteiger partial charge in [0.15, 0.2) is 5.69 Å². The fraction of sp³-hybridized carbons (Fsp3) is 0.200. The lowest BCUT2D eigenvalue weighted by molar-refractivity contribution is -0.512. The van der Waals surface area contributed by atoms with Crippen LogP contribution in [0.1, 0.15) is 5.69 Å². The van der Waals surface area contributed by atoms with Crippen LogP contribution in [0.5, 0.6) is 0 Å². The zero-order chi connectivity index (χ0) is 12.6. The van der Waals surface area contributed by atoms with Crippen molar-refractivity contribution >= 4 is 22.9 Å². The van der Waals surface area contributed by atoms with Crippen LogP contribution in [0.15, 0.2) is 30.6 Å². The molecular formula is C10H9F3N3S+. The van der Waals surface area contributed by atoms with Crippen LogP contribution in [0.25, 0.3) is 5.65 Å². The summed E-state index contributed by atoms with van der Waals surface area (Å²) >= 11 is 4.65. The first kappa shape index (κ1) is 11.8. The van der Waals surface area contributed by atoms with E-state index in [1.807, 2.05) is 0 Å². The monoisotopic (exact) mass is 260 g/mol. The van der Waals surface area contributed by atoms with E-state index in [9.17, 15) is 13.2 Å². The van der Waals surface area contributed by atoms with Gasteiger partial charge in [0, 0.05) is 6.07 Å². The number of aromatic nitrogens is 2. The third kappa shape index (κ3) is 2.23. The van der Waals surface area contributed by atoms with Crippen LogP contribution in [-0.4, -0.2) is 9.56 Å². The Morgan fingerprint density at radius 1 is 1.41 bits per heavy atom. The molecule has 0 saturated carbocycles. The summed E-state index contributed by atoms with van der Waals surface area (Å²) in [7, 11) is 0. The van der Waals surface area contributed by atoms with Crippen molar-refractivity contribution in [2.24, 2.45) is 5.73 Å². The van der Waals surface area contributed by atoms with Crippen molar-refractivity contribution < 1.29 is 17.6 Å².